The van der Waals surface area contributed by atoms with E-state index in [4.69, 9.17) is 10.5 Å². The molecule has 1 saturated heterocycles. The number of hydrogen-bond donors (Lipinski definition) is 1. The Bertz CT molecular complexity index is 104. The Kier molecular flexibility index (Phi) is 1.66. The highest BCUT2D eigenvalue weighted by Crippen LogP contribution is 2.32. The smallest absolute Gasteiger partial charge is 0.0750 e. The van der Waals surface area contributed by atoms with Gasteiger partial charge in [-0.1, -0.05) is 6.42 Å². The number of hydrogen-bond acceptors (Lipinski definition) is 2. The summed E-state index contributed by atoms with van der Waals surface area (Å²) in [6, 6.07) is 0.350. The molecule has 58 valence electrons. The van der Waals surface area contributed by atoms with Crippen molar-refractivity contribution in [3.8, 4) is 0 Å². The molecule has 0 aromatic rings. The third kappa shape index (κ3) is 0.956. The molecule has 0 bridgehead atoms. The van der Waals surface area contributed by atoms with E-state index in [9.17, 15) is 0 Å². The molecule has 1 heterocycles. The summed E-state index contributed by atoms with van der Waals surface area (Å²) in [6.07, 6.45) is 5.65. The molecule has 0 aromatic carbocycles. The van der Waals surface area contributed by atoms with Crippen molar-refractivity contribution in [1.29, 1.82) is 0 Å². The number of nitrogens with two attached hydrogens (primary N) is 1. The molecule has 2 atom stereocenters. The van der Waals surface area contributed by atoms with Crippen LogP contribution in [0.4, 0.5) is 0 Å². The van der Waals surface area contributed by atoms with Crippen LogP contribution in [-0.2, 0) is 4.74 Å². The fraction of sp³-hybridized carbons (Fsp3) is 1.00. The lowest BCUT2D eigenvalue weighted by atomic mass is 9.77. The van der Waals surface area contributed by atoms with E-state index in [0.717, 1.165) is 12.5 Å². The third-order valence-corrected chi connectivity index (χ3v) is 2.86. The van der Waals surface area contributed by atoms with E-state index in [-0.39, 0.29) is 0 Å². The molecule has 10 heavy (non-hydrogen) atoms. The molecular formula is C8H15NO. The molecule has 2 aliphatic rings. The van der Waals surface area contributed by atoms with Gasteiger partial charge in [0.25, 0.3) is 0 Å². The van der Waals surface area contributed by atoms with Crippen LogP contribution in [0, 0.1) is 5.92 Å². The first kappa shape index (κ1) is 6.62. The standard InChI is InChI=1S/C8H15NO/c9-8(6-2-1-3-6)7-4-5-10-7/h6-8H,1-5,9H2. The molecule has 2 rings (SSSR count). The van der Waals surface area contributed by atoms with E-state index in [1.54, 1.807) is 0 Å². The summed E-state index contributed by atoms with van der Waals surface area (Å²) in [7, 11) is 0. The quantitative estimate of drug-likeness (QED) is 0.620. The van der Waals surface area contributed by atoms with Crippen molar-refractivity contribution in [2.75, 3.05) is 6.61 Å². The lowest BCUT2D eigenvalue weighted by molar-refractivity contribution is -0.0807. The normalized spacial score (nSPS) is 36.3. The SMILES string of the molecule is NC(C1CCC1)C1CCO1. The largest absolute Gasteiger partial charge is 0.376 e. The van der Waals surface area contributed by atoms with Gasteiger partial charge >= 0.3 is 0 Å². The predicted octanol–water partition coefficient (Wildman–Crippen LogP) is 0.903. The summed E-state index contributed by atoms with van der Waals surface area (Å²) in [5, 5.41) is 0. The minimum Gasteiger partial charge on any atom is -0.376 e. The van der Waals surface area contributed by atoms with Gasteiger partial charge in [-0.05, 0) is 25.2 Å². The number of ether oxygens (including phenoxy) is 1. The summed E-state index contributed by atoms with van der Waals surface area (Å²) in [4.78, 5) is 0. The van der Waals surface area contributed by atoms with Crippen LogP contribution in [0.1, 0.15) is 25.7 Å². The van der Waals surface area contributed by atoms with Crippen molar-refractivity contribution in [2.24, 2.45) is 11.7 Å². The summed E-state index contributed by atoms with van der Waals surface area (Å²) in [5.74, 6) is 0.783. The Balaban J connectivity index is 1.79. The minimum atomic E-state index is 0.350. The van der Waals surface area contributed by atoms with E-state index >= 15 is 0 Å². The fourth-order valence-corrected chi connectivity index (χ4v) is 1.69. The van der Waals surface area contributed by atoms with Crippen LogP contribution in [0.25, 0.3) is 0 Å². The first-order valence-electron chi connectivity index (χ1n) is 4.25. The Morgan fingerprint density at radius 3 is 2.30 bits per heavy atom. The van der Waals surface area contributed by atoms with E-state index in [0.29, 0.717) is 12.1 Å². The number of rotatable bonds is 2. The molecule has 2 heteroatoms. The molecule has 1 aliphatic heterocycles. The zero-order valence-corrected chi connectivity index (χ0v) is 6.25. The van der Waals surface area contributed by atoms with Crippen LogP contribution in [-0.4, -0.2) is 18.8 Å². The Morgan fingerprint density at radius 2 is 2.00 bits per heavy atom. The second-order valence-electron chi connectivity index (χ2n) is 3.47. The fourth-order valence-electron chi connectivity index (χ4n) is 1.69. The monoisotopic (exact) mass is 141 g/mol. The van der Waals surface area contributed by atoms with Crippen molar-refractivity contribution in [3.63, 3.8) is 0 Å². The molecular weight excluding hydrogens is 126 g/mol. The van der Waals surface area contributed by atoms with Crippen molar-refractivity contribution < 1.29 is 4.74 Å². The molecule has 1 saturated carbocycles. The average molecular weight is 141 g/mol. The minimum absolute atomic E-state index is 0.350. The van der Waals surface area contributed by atoms with Gasteiger partial charge in [-0.25, -0.2) is 0 Å². The second-order valence-corrected chi connectivity index (χ2v) is 3.47. The summed E-state index contributed by atoms with van der Waals surface area (Å²) < 4.78 is 5.32. The van der Waals surface area contributed by atoms with Crippen LogP contribution in [0.15, 0.2) is 0 Å². The Morgan fingerprint density at radius 1 is 1.30 bits per heavy atom. The summed E-state index contributed by atoms with van der Waals surface area (Å²) in [5.41, 5.74) is 5.96. The van der Waals surface area contributed by atoms with Crippen molar-refractivity contribution in [1.82, 2.24) is 0 Å². The molecule has 0 aromatic heterocycles. The van der Waals surface area contributed by atoms with Crippen LogP contribution in [0.2, 0.25) is 0 Å². The van der Waals surface area contributed by atoms with E-state index in [1.807, 2.05) is 0 Å². The average Bonchev–Trinajstić information content (AvgIpc) is 1.52. The van der Waals surface area contributed by atoms with Gasteiger partial charge in [0.05, 0.1) is 6.10 Å². The van der Waals surface area contributed by atoms with Crippen LogP contribution in [0.3, 0.4) is 0 Å². The summed E-state index contributed by atoms with van der Waals surface area (Å²) in [6.45, 7) is 0.936. The highest BCUT2D eigenvalue weighted by Gasteiger charge is 2.34. The van der Waals surface area contributed by atoms with Gasteiger partial charge in [0.2, 0.25) is 0 Å². The Labute approximate surface area is 61.7 Å². The van der Waals surface area contributed by atoms with Crippen molar-refractivity contribution in [2.45, 2.75) is 37.8 Å². The molecule has 2 unspecified atom stereocenters. The maximum Gasteiger partial charge on any atom is 0.0750 e. The van der Waals surface area contributed by atoms with Gasteiger partial charge in [-0.2, -0.15) is 0 Å². The lowest BCUT2D eigenvalue weighted by Crippen LogP contribution is -2.50. The van der Waals surface area contributed by atoms with Crippen LogP contribution < -0.4 is 5.73 Å². The lowest BCUT2D eigenvalue weighted by Gasteiger charge is -2.40. The van der Waals surface area contributed by atoms with Crippen molar-refractivity contribution >= 4 is 0 Å². The zero-order chi connectivity index (χ0) is 6.97. The van der Waals surface area contributed by atoms with Gasteiger partial charge in [-0.3, -0.25) is 0 Å². The van der Waals surface area contributed by atoms with Crippen molar-refractivity contribution in [3.05, 3.63) is 0 Å². The van der Waals surface area contributed by atoms with Gasteiger partial charge in [0.1, 0.15) is 0 Å². The van der Waals surface area contributed by atoms with Gasteiger partial charge in [0.15, 0.2) is 0 Å². The first-order valence-corrected chi connectivity index (χ1v) is 4.25. The maximum absolute atomic E-state index is 5.96. The molecule has 0 spiro atoms. The molecule has 2 nitrogen and oxygen atoms in total. The first-order chi connectivity index (χ1) is 4.88. The summed E-state index contributed by atoms with van der Waals surface area (Å²) >= 11 is 0. The topological polar surface area (TPSA) is 35.2 Å². The van der Waals surface area contributed by atoms with E-state index in [1.165, 1.54) is 25.7 Å². The molecule has 0 radical (unpaired) electrons. The molecule has 2 fully saturated rings. The maximum atomic E-state index is 5.96. The third-order valence-electron chi connectivity index (χ3n) is 2.86. The highest BCUT2D eigenvalue weighted by molar-refractivity contribution is 4.88. The van der Waals surface area contributed by atoms with Crippen LogP contribution in [0.5, 0.6) is 0 Å². The predicted molar refractivity (Wildman–Crippen MR) is 39.7 cm³/mol. The highest BCUT2D eigenvalue weighted by atomic mass is 16.5. The van der Waals surface area contributed by atoms with E-state index in [2.05, 4.69) is 0 Å². The van der Waals surface area contributed by atoms with Gasteiger partial charge in [-0.15, -0.1) is 0 Å². The van der Waals surface area contributed by atoms with Gasteiger partial charge in [0, 0.05) is 12.6 Å². The van der Waals surface area contributed by atoms with Crippen LogP contribution >= 0.6 is 0 Å². The second kappa shape index (κ2) is 2.51. The molecule has 0 amide bonds. The van der Waals surface area contributed by atoms with Gasteiger partial charge < -0.3 is 10.5 Å². The molecule has 1 aliphatic carbocycles. The molecule has 2 N–H and O–H groups in total. The zero-order valence-electron chi connectivity index (χ0n) is 6.25. The Hall–Kier alpha value is -0.0800. The van der Waals surface area contributed by atoms with E-state index < -0.39 is 0 Å².